The molecule has 1 aromatic carbocycles. The molecule has 0 aromatic heterocycles. The zero-order valence-corrected chi connectivity index (χ0v) is 12.1. The van der Waals surface area contributed by atoms with Gasteiger partial charge in [0.25, 0.3) is 5.91 Å². The van der Waals surface area contributed by atoms with Gasteiger partial charge in [0.15, 0.2) is 6.61 Å². The lowest BCUT2D eigenvalue weighted by molar-refractivity contribution is -0.142. The van der Waals surface area contributed by atoms with Gasteiger partial charge in [-0.1, -0.05) is 25.5 Å². The molecular formula is C15H21NO4. The number of nitrogens with one attached hydrogen (secondary N) is 1. The molecule has 0 saturated carbocycles. The van der Waals surface area contributed by atoms with Crippen LogP contribution in [0.4, 0.5) is 0 Å². The lowest BCUT2D eigenvalue weighted by atomic mass is 10.1. The van der Waals surface area contributed by atoms with Gasteiger partial charge in [-0.3, -0.25) is 4.79 Å². The van der Waals surface area contributed by atoms with Crippen LogP contribution in [0.3, 0.4) is 0 Å². The topological polar surface area (TPSA) is 75.6 Å². The van der Waals surface area contributed by atoms with Crippen LogP contribution in [0, 0.1) is 13.8 Å². The smallest absolute Gasteiger partial charge is 0.326 e. The van der Waals surface area contributed by atoms with Crippen LogP contribution in [-0.2, 0) is 9.59 Å². The average Bonchev–Trinajstić information content (AvgIpc) is 2.39. The average molecular weight is 279 g/mol. The fraction of sp³-hybridized carbons (Fsp3) is 0.467. The Bertz CT molecular complexity index is 485. The first-order valence-electron chi connectivity index (χ1n) is 6.66. The highest BCUT2D eigenvalue weighted by Gasteiger charge is 2.18. The fourth-order valence-electron chi connectivity index (χ4n) is 1.79. The molecule has 1 amide bonds. The summed E-state index contributed by atoms with van der Waals surface area (Å²) in [5.41, 5.74) is 1.98. The molecular weight excluding hydrogens is 258 g/mol. The Morgan fingerprint density at radius 1 is 1.35 bits per heavy atom. The van der Waals surface area contributed by atoms with E-state index < -0.39 is 17.9 Å². The second-order valence-electron chi connectivity index (χ2n) is 4.80. The van der Waals surface area contributed by atoms with E-state index in [0.29, 0.717) is 18.6 Å². The first-order chi connectivity index (χ1) is 9.43. The number of aryl methyl sites for hydroxylation is 2. The predicted octanol–water partition coefficient (Wildman–Crippen LogP) is 2.05. The predicted molar refractivity (Wildman–Crippen MR) is 75.9 cm³/mol. The highest BCUT2D eigenvalue weighted by atomic mass is 16.5. The number of carboxylic acids is 1. The molecule has 0 radical (unpaired) electrons. The molecule has 0 spiro atoms. The SMILES string of the molecule is CCCC(NC(=O)COc1cc(C)ccc1C)C(=O)O. The number of rotatable bonds is 7. The third-order valence-corrected chi connectivity index (χ3v) is 2.91. The summed E-state index contributed by atoms with van der Waals surface area (Å²) in [6.07, 6.45) is 1.10. The number of carboxylic acid groups (broad SMARTS) is 1. The maximum absolute atomic E-state index is 11.7. The Morgan fingerprint density at radius 3 is 2.65 bits per heavy atom. The van der Waals surface area contributed by atoms with Crippen LogP contribution < -0.4 is 10.1 Å². The summed E-state index contributed by atoms with van der Waals surface area (Å²) in [5.74, 6) is -0.804. The first-order valence-corrected chi connectivity index (χ1v) is 6.66. The first kappa shape index (κ1) is 16.0. The van der Waals surface area contributed by atoms with Gasteiger partial charge in [0.05, 0.1) is 0 Å². The van der Waals surface area contributed by atoms with Gasteiger partial charge < -0.3 is 15.2 Å². The van der Waals surface area contributed by atoms with Gasteiger partial charge in [-0.25, -0.2) is 4.79 Å². The van der Waals surface area contributed by atoms with E-state index >= 15 is 0 Å². The molecule has 1 unspecified atom stereocenters. The van der Waals surface area contributed by atoms with E-state index in [2.05, 4.69) is 5.32 Å². The number of ether oxygens (including phenoxy) is 1. The summed E-state index contributed by atoms with van der Waals surface area (Å²) in [6.45, 7) is 5.52. The van der Waals surface area contributed by atoms with Crippen molar-refractivity contribution in [2.24, 2.45) is 0 Å². The number of amides is 1. The summed E-state index contributed by atoms with van der Waals surface area (Å²) in [5, 5.41) is 11.4. The Kier molecular flexibility index (Phi) is 6.03. The van der Waals surface area contributed by atoms with Crippen LogP contribution >= 0.6 is 0 Å². The monoisotopic (exact) mass is 279 g/mol. The number of aliphatic carboxylic acids is 1. The van der Waals surface area contributed by atoms with Crippen molar-refractivity contribution in [3.63, 3.8) is 0 Å². The molecule has 0 bridgehead atoms. The summed E-state index contributed by atoms with van der Waals surface area (Å²) in [7, 11) is 0. The van der Waals surface area contributed by atoms with Gasteiger partial charge in [0.1, 0.15) is 11.8 Å². The Balaban J connectivity index is 2.54. The Labute approximate surface area is 118 Å². The Morgan fingerprint density at radius 2 is 2.05 bits per heavy atom. The normalized spacial score (nSPS) is 11.8. The van der Waals surface area contributed by atoms with Gasteiger partial charge in [0.2, 0.25) is 0 Å². The number of hydrogen-bond donors (Lipinski definition) is 2. The molecule has 2 N–H and O–H groups in total. The van der Waals surface area contributed by atoms with E-state index in [-0.39, 0.29) is 6.61 Å². The third-order valence-electron chi connectivity index (χ3n) is 2.91. The minimum atomic E-state index is -1.02. The van der Waals surface area contributed by atoms with Crippen molar-refractivity contribution in [1.82, 2.24) is 5.32 Å². The van der Waals surface area contributed by atoms with Crippen LogP contribution in [0.2, 0.25) is 0 Å². The van der Waals surface area contributed by atoms with Gasteiger partial charge >= 0.3 is 5.97 Å². The molecule has 5 nitrogen and oxygen atoms in total. The van der Waals surface area contributed by atoms with Crippen molar-refractivity contribution < 1.29 is 19.4 Å². The van der Waals surface area contributed by atoms with Gasteiger partial charge in [-0.2, -0.15) is 0 Å². The Hall–Kier alpha value is -2.04. The van der Waals surface area contributed by atoms with Crippen LogP contribution in [0.5, 0.6) is 5.75 Å². The summed E-state index contributed by atoms with van der Waals surface area (Å²) >= 11 is 0. The lowest BCUT2D eigenvalue weighted by Gasteiger charge is -2.14. The summed E-state index contributed by atoms with van der Waals surface area (Å²) in [4.78, 5) is 22.6. The largest absolute Gasteiger partial charge is 0.483 e. The minimum absolute atomic E-state index is 0.183. The van der Waals surface area contributed by atoms with Gasteiger partial charge in [0, 0.05) is 0 Å². The summed E-state index contributed by atoms with van der Waals surface area (Å²) in [6, 6.07) is 4.88. The van der Waals surface area contributed by atoms with Crippen LogP contribution in [0.25, 0.3) is 0 Å². The zero-order chi connectivity index (χ0) is 15.1. The molecule has 110 valence electrons. The third kappa shape index (κ3) is 4.91. The van der Waals surface area contributed by atoms with Gasteiger partial charge in [-0.15, -0.1) is 0 Å². The standard InChI is InChI=1S/C15H21NO4/c1-4-5-12(15(18)19)16-14(17)9-20-13-8-10(2)6-7-11(13)3/h6-8,12H,4-5,9H2,1-3H3,(H,16,17)(H,18,19). The molecule has 0 heterocycles. The molecule has 0 aliphatic heterocycles. The van der Waals surface area contributed by atoms with Crippen LogP contribution in [0.1, 0.15) is 30.9 Å². The van der Waals surface area contributed by atoms with Crippen molar-refractivity contribution >= 4 is 11.9 Å². The molecule has 0 aliphatic rings. The van der Waals surface area contributed by atoms with Gasteiger partial charge in [-0.05, 0) is 37.5 Å². The van der Waals surface area contributed by atoms with E-state index in [1.165, 1.54) is 0 Å². The molecule has 0 fully saturated rings. The van der Waals surface area contributed by atoms with Crippen molar-refractivity contribution in [2.45, 2.75) is 39.7 Å². The number of hydrogen-bond acceptors (Lipinski definition) is 3. The molecule has 1 rings (SSSR count). The van der Waals surface area contributed by atoms with Crippen LogP contribution in [-0.4, -0.2) is 29.6 Å². The molecule has 1 atom stereocenters. The molecule has 0 saturated heterocycles. The maximum atomic E-state index is 11.7. The molecule has 20 heavy (non-hydrogen) atoms. The number of carbonyl (C=O) groups excluding carboxylic acids is 1. The van der Waals surface area contributed by atoms with E-state index in [4.69, 9.17) is 9.84 Å². The van der Waals surface area contributed by atoms with Crippen molar-refractivity contribution in [1.29, 1.82) is 0 Å². The van der Waals surface area contributed by atoms with E-state index in [1.807, 2.05) is 39.0 Å². The summed E-state index contributed by atoms with van der Waals surface area (Å²) < 4.78 is 5.43. The number of carbonyl (C=O) groups is 2. The minimum Gasteiger partial charge on any atom is -0.483 e. The van der Waals surface area contributed by atoms with Crippen molar-refractivity contribution in [3.8, 4) is 5.75 Å². The second kappa shape index (κ2) is 7.53. The lowest BCUT2D eigenvalue weighted by Crippen LogP contribution is -2.42. The quantitative estimate of drug-likeness (QED) is 0.801. The molecule has 1 aromatic rings. The van der Waals surface area contributed by atoms with E-state index in [1.54, 1.807) is 0 Å². The van der Waals surface area contributed by atoms with E-state index in [0.717, 1.165) is 11.1 Å². The molecule has 0 aliphatic carbocycles. The maximum Gasteiger partial charge on any atom is 0.326 e. The zero-order valence-electron chi connectivity index (χ0n) is 12.1. The van der Waals surface area contributed by atoms with Crippen LogP contribution in [0.15, 0.2) is 18.2 Å². The highest BCUT2D eigenvalue weighted by Crippen LogP contribution is 2.18. The number of benzene rings is 1. The highest BCUT2D eigenvalue weighted by molar-refractivity contribution is 5.84. The fourth-order valence-corrected chi connectivity index (χ4v) is 1.79. The molecule has 5 heteroatoms. The van der Waals surface area contributed by atoms with E-state index in [9.17, 15) is 9.59 Å². The van der Waals surface area contributed by atoms with Crippen molar-refractivity contribution in [2.75, 3.05) is 6.61 Å². The second-order valence-corrected chi connectivity index (χ2v) is 4.80. The van der Waals surface area contributed by atoms with Crippen molar-refractivity contribution in [3.05, 3.63) is 29.3 Å².